The lowest BCUT2D eigenvalue weighted by Gasteiger charge is -2.21. The van der Waals surface area contributed by atoms with Crippen LogP contribution in [0.25, 0.3) is 33.1 Å². The smallest absolute Gasteiger partial charge is 0.419 e. The number of hydrogen-bond acceptors (Lipinski definition) is 4. The molecule has 0 amide bonds. The molecule has 0 aliphatic rings. The first-order valence-electron chi connectivity index (χ1n) is 9.33. The third-order valence-corrected chi connectivity index (χ3v) is 5.11. The van der Waals surface area contributed by atoms with E-state index in [-0.39, 0.29) is 5.56 Å². The van der Waals surface area contributed by atoms with E-state index in [0.29, 0.717) is 33.2 Å². The van der Waals surface area contributed by atoms with Gasteiger partial charge in [0.2, 0.25) is 0 Å². The first-order valence-corrected chi connectivity index (χ1v) is 10.1. The van der Waals surface area contributed by atoms with Crippen LogP contribution in [0.3, 0.4) is 0 Å². The second-order valence-electron chi connectivity index (χ2n) is 8.03. The minimum atomic E-state index is -0.714. The van der Waals surface area contributed by atoms with Gasteiger partial charge in [0.1, 0.15) is 11.9 Å². The standard InChI is InChI=1S/C23H19BrN2O4/c1-23(2,3)30-22(29)26-19-7-4-13(12-27)8-15(19)11-20(26)17-10-14-9-16(24)5-6-18(14)25-21(17)28/h4-12H,1-3H3,(H,25,28). The predicted molar refractivity (Wildman–Crippen MR) is 120 cm³/mol. The molecule has 0 aliphatic carbocycles. The number of aromatic amines is 1. The largest absolute Gasteiger partial charge is 0.443 e. The van der Waals surface area contributed by atoms with E-state index in [1.807, 2.05) is 18.2 Å². The lowest BCUT2D eigenvalue weighted by atomic mass is 10.1. The van der Waals surface area contributed by atoms with Crippen molar-refractivity contribution in [3.05, 3.63) is 68.9 Å². The van der Waals surface area contributed by atoms with Crippen LogP contribution in [0.2, 0.25) is 0 Å². The molecule has 152 valence electrons. The molecule has 6 nitrogen and oxygen atoms in total. The Morgan fingerprint density at radius 3 is 2.53 bits per heavy atom. The van der Waals surface area contributed by atoms with Gasteiger partial charge in [0, 0.05) is 26.3 Å². The number of ether oxygens (including phenoxy) is 1. The maximum atomic E-state index is 13.1. The third kappa shape index (κ3) is 3.68. The average molecular weight is 467 g/mol. The lowest BCUT2D eigenvalue weighted by molar-refractivity contribution is 0.0547. The number of carbonyl (C=O) groups excluding carboxylic acids is 2. The van der Waals surface area contributed by atoms with Gasteiger partial charge in [0.15, 0.2) is 0 Å². The van der Waals surface area contributed by atoms with Gasteiger partial charge < -0.3 is 9.72 Å². The number of pyridine rings is 1. The van der Waals surface area contributed by atoms with Crippen LogP contribution in [-0.2, 0) is 4.74 Å². The van der Waals surface area contributed by atoms with Crippen LogP contribution < -0.4 is 5.56 Å². The number of nitrogens with one attached hydrogen (secondary N) is 1. The molecule has 0 saturated carbocycles. The Kier molecular flexibility index (Phi) is 4.86. The number of fused-ring (bicyclic) bond motifs is 2. The minimum Gasteiger partial charge on any atom is -0.443 e. The third-order valence-electron chi connectivity index (χ3n) is 4.62. The molecule has 7 heteroatoms. The molecule has 2 heterocycles. The summed E-state index contributed by atoms with van der Waals surface area (Å²) < 4.78 is 7.84. The number of benzene rings is 2. The zero-order valence-corrected chi connectivity index (χ0v) is 18.2. The zero-order valence-electron chi connectivity index (χ0n) is 16.7. The van der Waals surface area contributed by atoms with E-state index >= 15 is 0 Å². The van der Waals surface area contributed by atoms with Crippen molar-refractivity contribution in [3.8, 4) is 11.3 Å². The van der Waals surface area contributed by atoms with Crippen molar-refractivity contribution in [3.63, 3.8) is 0 Å². The molecule has 30 heavy (non-hydrogen) atoms. The van der Waals surface area contributed by atoms with E-state index < -0.39 is 11.7 Å². The highest BCUT2D eigenvalue weighted by Crippen LogP contribution is 2.30. The Morgan fingerprint density at radius 2 is 1.83 bits per heavy atom. The molecular formula is C23H19BrN2O4. The van der Waals surface area contributed by atoms with Crippen LogP contribution in [0.5, 0.6) is 0 Å². The number of aldehydes is 1. The molecule has 0 fully saturated rings. The van der Waals surface area contributed by atoms with Crippen LogP contribution in [0.4, 0.5) is 4.79 Å². The van der Waals surface area contributed by atoms with E-state index in [0.717, 1.165) is 16.1 Å². The fourth-order valence-corrected chi connectivity index (χ4v) is 3.76. The van der Waals surface area contributed by atoms with Gasteiger partial charge >= 0.3 is 6.09 Å². The normalized spacial score (nSPS) is 11.7. The van der Waals surface area contributed by atoms with Gasteiger partial charge in [-0.2, -0.15) is 0 Å². The summed E-state index contributed by atoms with van der Waals surface area (Å²) in [5, 5.41) is 1.47. The molecule has 0 spiro atoms. The quantitative estimate of drug-likeness (QED) is 0.395. The maximum Gasteiger partial charge on any atom is 0.419 e. The molecule has 0 aliphatic heterocycles. The van der Waals surface area contributed by atoms with Gasteiger partial charge in [-0.1, -0.05) is 15.9 Å². The Hall–Kier alpha value is -3.19. The fourth-order valence-electron chi connectivity index (χ4n) is 3.38. The van der Waals surface area contributed by atoms with E-state index in [2.05, 4.69) is 20.9 Å². The molecule has 0 radical (unpaired) electrons. The first kappa shape index (κ1) is 20.1. The van der Waals surface area contributed by atoms with E-state index in [4.69, 9.17) is 4.74 Å². The average Bonchev–Trinajstić information content (AvgIpc) is 3.04. The summed E-state index contributed by atoms with van der Waals surface area (Å²) in [5.74, 6) is 0. The molecular weight excluding hydrogens is 448 g/mol. The molecule has 0 saturated heterocycles. The van der Waals surface area contributed by atoms with Gasteiger partial charge in [-0.05, 0) is 69.3 Å². The number of hydrogen-bond donors (Lipinski definition) is 1. The zero-order chi connectivity index (χ0) is 21.6. The molecule has 2 aromatic carbocycles. The molecule has 0 atom stereocenters. The molecule has 0 bridgehead atoms. The van der Waals surface area contributed by atoms with Crippen LogP contribution in [-0.4, -0.2) is 27.5 Å². The van der Waals surface area contributed by atoms with Gasteiger partial charge in [-0.25, -0.2) is 9.36 Å². The second-order valence-corrected chi connectivity index (χ2v) is 8.94. The van der Waals surface area contributed by atoms with Crippen LogP contribution in [0.1, 0.15) is 31.1 Å². The Bertz CT molecular complexity index is 1380. The number of H-pyrrole nitrogens is 1. The van der Waals surface area contributed by atoms with Gasteiger partial charge in [-0.3, -0.25) is 9.59 Å². The van der Waals surface area contributed by atoms with Crippen molar-refractivity contribution < 1.29 is 14.3 Å². The van der Waals surface area contributed by atoms with Crippen molar-refractivity contribution in [1.82, 2.24) is 9.55 Å². The van der Waals surface area contributed by atoms with E-state index in [1.54, 1.807) is 51.1 Å². The van der Waals surface area contributed by atoms with E-state index in [9.17, 15) is 14.4 Å². The summed E-state index contributed by atoms with van der Waals surface area (Å²) in [4.78, 5) is 40.0. The summed E-state index contributed by atoms with van der Waals surface area (Å²) in [7, 11) is 0. The summed E-state index contributed by atoms with van der Waals surface area (Å²) >= 11 is 3.44. The Balaban J connectivity index is 2.02. The number of rotatable bonds is 2. The van der Waals surface area contributed by atoms with Gasteiger partial charge in [-0.15, -0.1) is 0 Å². The van der Waals surface area contributed by atoms with Crippen LogP contribution in [0, 0.1) is 0 Å². The second kappa shape index (κ2) is 7.25. The summed E-state index contributed by atoms with van der Waals surface area (Å²) in [5.41, 5.74) is 1.41. The van der Waals surface area contributed by atoms with Crippen molar-refractivity contribution in [2.24, 2.45) is 0 Å². The lowest BCUT2D eigenvalue weighted by Crippen LogP contribution is -2.28. The molecule has 4 aromatic rings. The monoisotopic (exact) mass is 466 g/mol. The topological polar surface area (TPSA) is 81.2 Å². The maximum absolute atomic E-state index is 13.1. The summed E-state index contributed by atoms with van der Waals surface area (Å²) in [6, 6.07) is 14.0. The first-order chi connectivity index (χ1) is 14.2. The summed E-state index contributed by atoms with van der Waals surface area (Å²) in [6.45, 7) is 5.34. The SMILES string of the molecule is CC(C)(C)OC(=O)n1c(-c2cc3cc(Br)ccc3[nH]c2=O)cc2cc(C=O)ccc21. The van der Waals surface area contributed by atoms with Crippen molar-refractivity contribution in [1.29, 1.82) is 0 Å². The van der Waals surface area contributed by atoms with Gasteiger partial charge in [0.05, 0.1) is 16.8 Å². The van der Waals surface area contributed by atoms with Crippen LogP contribution >= 0.6 is 15.9 Å². The number of nitrogens with zero attached hydrogens (tertiary/aromatic N) is 1. The van der Waals surface area contributed by atoms with Crippen molar-refractivity contribution in [2.45, 2.75) is 26.4 Å². The Morgan fingerprint density at radius 1 is 1.07 bits per heavy atom. The summed E-state index contributed by atoms with van der Waals surface area (Å²) in [6.07, 6.45) is 0.143. The molecule has 2 aromatic heterocycles. The molecule has 1 N–H and O–H groups in total. The van der Waals surface area contributed by atoms with Crippen LogP contribution in [0.15, 0.2) is 57.8 Å². The predicted octanol–water partition coefficient (Wildman–Crippen LogP) is 5.51. The van der Waals surface area contributed by atoms with Gasteiger partial charge in [0.25, 0.3) is 5.56 Å². The number of aromatic nitrogens is 2. The van der Waals surface area contributed by atoms with E-state index in [1.165, 1.54) is 4.57 Å². The minimum absolute atomic E-state index is 0.326. The number of carbonyl (C=O) groups is 2. The van der Waals surface area contributed by atoms with Crippen molar-refractivity contribution in [2.75, 3.05) is 0 Å². The highest BCUT2D eigenvalue weighted by atomic mass is 79.9. The molecule has 0 unspecified atom stereocenters. The Labute approximate surface area is 180 Å². The fraction of sp³-hybridized carbons (Fsp3) is 0.174. The highest BCUT2D eigenvalue weighted by molar-refractivity contribution is 9.10. The highest BCUT2D eigenvalue weighted by Gasteiger charge is 2.24. The number of halogens is 1. The van der Waals surface area contributed by atoms with Crippen molar-refractivity contribution >= 4 is 50.1 Å². The molecule has 4 rings (SSSR count).